The third-order valence-electron chi connectivity index (χ3n) is 2.34. The normalized spacial score (nSPS) is 23.8. The first-order valence-electron chi connectivity index (χ1n) is 4.60. The average molecular weight is 165 g/mol. The molecule has 0 aromatic heterocycles. The largest absolute Gasteiger partial charge is 0.346 e. The molecule has 66 valence electrons. The predicted molar refractivity (Wildman–Crippen MR) is 50.0 cm³/mol. The maximum atomic E-state index is 4.09. The van der Waals surface area contributed by atoms with Gasteiger partial charge in [0.1, 0.15) is 0 Å². The molecular weight excluding hydrogens is 150 g/mol. The fraction of sp³-hybridized carbons (Fsp3) is 0.667. The molecule has 3 nitrogen and oxygen atoms in total. The zero-order valence-electron chi connectivity index (χ0n) is 7.32. The summed E-state index contributed by atoms with van der Waals surface area (Å²) in [6.07, 6.45) is 8.61. The van der Waals surface area contributed by atoms with Gasteiger partial charge in [-0.05, 0) is 32.0 Å². The molecule has 1 fully saturated rings. The second kappa shape index (κ2) is 3.72. The van der Waals surface area contributed by atoms with Crippen molar-refractivity contribution >= 4 is 6.34 Å². The fourth-order valence-electron chi connectivity index (χ4n) is 1.70. The van der Waals surface area contributed by atoms with Crippen LogP contribution in [-0.4, -0.2) is 42.4 Å². The van der Waals surface area contributed by atoms with E-state index >= 15 is 0 Å². The van der Waals surface area contributed by atoms with Gasteiger partial charge in [0, 0.05) is 12.7 Å². The minimum Gasteiger partial charge on any atom is -0.346 e. The monoisotopic (exact) mass is 165 g/mol. The van der Waals surface area contributed by atoms with Crippen molar-refractivity contribution in [2.45, 2.75) is 12.8 Å². The summed E-state index contributed by atoms with van der Waals surface area (Å²) in [6.45, 7) is 4.58. The lowest BCUT2D eigenvalue weighted by molar-refractivity contribution is 0.237. The minimum absolute atomic E-state index is 1.01. The van der Waals surface area contributed by atoms with Gasteiger partial charge in [-0.2, -0.15) is 0 Å². The summed E-state index contributed by atoms with van der Waals surface area (Å²) in [6, 6.07) is 0. The molecule has 2 aliphatic rings. The van der Waals surface area contributed by atoms with Crippen LogP contribution in [0, 0.1) is 0 Å². The van der Waals surface area contributed by atoms with Crippen LogP contribution in [0.1, 0.15) is 12.8 Å². The molecule has 2 heterocycles. The van der Waals surface area contributed by atoms with E-state index in [0.29, 0.717) is 0 Å². The van der Waals surface area contributed by atoms with Gasteiger partial charge in [0.05, 0.1) is 13.0 Å². The predicted octanol–water partition coefficient (Wildman–Crippen LogP) is 0.897. The van der Waals surface area contributed by atoms with Gasteiger partial charge < -0.3 is 4.90 Å². The van der Waals surface area contributed by atoms with Gasteiger partial charge in [-0.1, -0.05) is 0 Å². The minimum atomic E-state index is 1.01. The molecule has 0 saturated carbocycles. The topological polar surface area (TPSA) is 18.8 Å². The third-order valence-corrected chi connectivity index (χ3v) is 2.34. The van der Waals surface area contributed by atoms with Gasteiger partial charge in [0.2, 0.25) is 0 Å². The second-order valence-corrected chi connectivity index (χ2v) is 3.39. The summed E-state index contributed by atoms with van der Waals surface area (Å²) in [7, 11) is 0. The van der Waals surface area contributed by atoms with Crippen LogP contribution in [0.25, 0.3) is 0 Å². The Labute approximate surface area is 73.4 Å². The van der Waals surface area contributed by atoms with Crippen LogP contribution in [0.15, 0.2) is 17.3 Å². The molecule has 0 amide bonds. The molecule has 0 bridgehead atoms. The highest BCUT2D eigenvalue weighted by Crippen LogP contribution is 2.07. The molecular formula is C9H15N3. The van der Waals surface area contributed by atoms with E-state index in [1.807, 2.05) is 12.5 Å². The van der Waals surface area contributed by atoms with E-state index in [9.17, 15) is 0 Å². The molecule has 3 heteroatoms. The first-order chi connectivity index (χ1) is 5.95. The lowest BCUT2D eigenvalue weighted by atomic mass is 10.4. The SMILES string of the molecule is C1=CN=CN(CN2CCCC2)C1. The maximum absolute atomic E-state index is 4.09. The Morgan fingerprint density at radius 1 is 1.25 bits per heavy atom. The van der Waals surface area contributed by atoms with Crippen molar-refractivity contribution in [2.24, 2.45) is 4.99 Å². The fourth-order valence-corrected chi connectivity index (χ4v) is 1.70. The Bertz CT molecular complexity index is 192. The van der Waals surface area contributed by atoms with E-state index < -0.39 is 0 Å². The number of rotatable bonds is 2. The molecule has 0 aromatic rings. The lowest BCUT2D eigenvalue weighted by Gasteiger charge is -2.25. The number of aliphatic imine (C=N–C) groups is 1. The van der Waals surface area contributed by atoms with Crippen LogP contribution < -0.4 is 0 Å². The summed E-state index contributed by atoms with van der Waals surface area (Å²) >= 11 is 0. The number of hydrogen-bond acceptors (Lipinski definition) is 3. The molecule has 1 saturated heterocycles. The van der Waals surface area contributed by atoms with Gasteiger partial charge in [-0.25, -0.2) is 4.99 Å². The molecule has 0 spiro atoms. The first-order valence-corrected chi connectivity index (χ1v) is 4.60. The van der Waals surface area contributed by atoms with Crippen LogP contribution in [0.5, 0.6) is 0 Å². The van der Waals surface area contributed by atoms with Gasteiger partial charge in [0.15, 0.2) is 0 Å². The molecule has 0 atom stereocenters. The van der Waals surface area contributed by atoms with Crippen LogP contribution in [0.4, 0.5) is 0 Å². The number of hydrogen-bond donors (Lipinski definition) is 0. The van der Waals surface area contributed by atoms with Gasteiger partial charge in [0.25, 0.3) is 0 Å². The van der Waals surface area contributed by atoms with Gasteiger partial charge in [-0.3, -0.25) is 4.90 Å². The van der Waals surface area contributed by atoms with E-state index in [1.54, 1.807) is 0 Å². The lowest BCUT2D eigenvalue weighted by Crippen LogP contribution is -2.36. The van der Waals surface area contributed by atoms with Crippen molar-refractivity contribution in [3.63, 3.8) is 0 Å². The standard InChI is InChI=1S/C9H15N3/c1-2-6-11(5-1)9-12-7-3-4-10-8-12/h3-4,8H,1-2,5-7,9H2. The quantitative estimate of drug-likeness (QED) is 0.605. The summed E-state index contributed by atoms with van der Waals surface area (Å²) < 4.78 is 0. The van der Waals surface area contributed by atoms with E-state index in [-0.39, 0.29) is 0 Å². The smallest absolute Gasteiger partial charge is 0.0918 e. The summed E-state index contributed by atoms with van der Waals surface area (Å²) in [5.41, 5.74) is 0. The second-order valence-electron chi connectivity index (χ2n) is 3.39. The molecule has 0 aromatic carbocycles. The molecule has 12 heavy (non-hydrogen) atoms. The van der Waals surface area contributed by atoms with Crippen LogP contribution in [-0.2, 0) is 0 Å². The maximum Gasteiger partial charge on any atom is 0.0918 e. The number of nitrogens with zero attached hydrogens (tertiary/aromatic N) is 3. The van der Waals surface area contributed by atoms with Gasteiger partial charge >= 0.3 is 0 Å². The van der Waals surface area contributed by atoms with E-state index in [4.69, 9.17) is 0 Å². The van der Waals surface area contributed by atoms with Gasteiger partial charge in [-0.15, -0.1) is 0 Å². The van der Waals surface area contributed by atoms with E-state index in [0.717, 1.165) is 13.2 Å². The van der Waals surface area contributed by atoms with Crippen molar-refractivity contribution < 1.29 is 0 Å². The van der Waals surface area contributed by atoms with Crippen LogP contribution in [0.3, 0.4) is 0 Å². The van der Waals surface area contributed by atoms with E-state index in [1.165, 1.54) is 25.9 Å². The molecule has 0 unspecified atom stereocenters. The molecule has 0 N–H and O–H groups in total. The molecule has 0 aliphatic carbocycles. The molecule has 2 rings (SSSR count). The summed E-state index contributed by atoms with van der Waals surface area (Å²) in [5.74, 6) is 0. The highest BCUT2D eigenvalue weighted by molar-refractivity contribution is 5.57. The van der Waals surface area contributed by atoms with Crippen molar-refractivity contribution in [3.8, 4) is 0 Å². The third kappa shape index (κ3) is 1.85. The van der Waals surface area contributed by atoms with Crippen LogP contribution in [0.2, 0.25) is 0 Å². The Hall–Kier alpha value is -0.830. The van der Waals surface area contributed by atoms with Crippen molar-refractivity contribution in [1.82, 2.24) is 9.80 Å². The zero-order chi connectivity index (χ0) is 8.23. The highest BCUT2D eigenvalue weighted by atomic mass is 15.3. The Morgan fingerprint density at radius 3 is 2.75 bits per heavy atom. The molecule has 2 aliphatic heterocycles. The highest BCUT2D eigenvalue weighted by Gasteiger charge is 2.13. The zero-order valence-corrected chi connectivity index (χ0v) is 7.32. The van der Waals surface area contributed by atoms with Crippen molar-refractivity contribution in [1.29, 1.82) is 0 Å². The van der Waals surface area contributed by atoms with Crippen molar-refractivity contribution in [2.75, 3.05) is 26.3 Å². The summed E-state index contributed by atoms with van der Waals surface area (Å²) in [4.78, 5) is 8.81. The average Bonchev–Trinajstić information content (AvgIpc) is 2.59. The summed E-state index contributed by atoms with van der Waals surface area (Å²) in [5, 5.41) is 0. The first kappa shape index (κ1) is 7.80. The Kier molecular flexibility index (Phi) is 2.42. The van der Waals surface area contributed by atoms with Crippen LogP contribution >= 0.6 is 0 Å². The Balaban J connectivity index is 1.78. The van der Waals surface area contributed by atoms with E-state index in [2.05, 4.69) is 20.9 Å². The Morgan fingerprint density at radius 2 is 2.08 bits per heavy atom. The number of likely N-dealkylation sites (tertiary alicyclic amines) is 1. The van der Waals surface area contributed by atoms with Crippen molar-refractivity contribution in [3.05, 3.63) is 12.3 Å². The molecule has 0 radical (unpaired) electrons.